The Morgan fingerprint density at radius 2 is 1.61 bits per heavy atom. The first-order valence-corrected chi connectivity index (χ1v) is 9.14. The van der Waals surface area contributed by atoms with Crippen LogP contribution in [-0.4, -0.2) is 48.1 Å². The Labute approximate surface area is 152 Å². The van der Waals surface area contributed by atoms with Gasteiger partial charge in [0.1, 0.15) is 0 Å². The summed E-state index contributed by atoms with van der Waals surface area (Å²) in [7, 11) is 0. The maximum atomic E-state index is 11.7. The van der Waals surface area contributed by atoms with E-state index >= 15 is 0 Å². The van der Waals surface area contributed by atoms with Crippen LogP contribution in [0.2, 0.25) is 0 Å². The second kappa shape index (κ2) is 10.7. The van der Waals surface area contributed by atoms with Gasteiger partial charge >= 0.3 is 11.9 Å². The fourth-order valence-corrected chi connectivity index (χ4v) is 2.75. The number of alkyl halides is 1. The van der Waals surface area contributed by atoms with Crippen molar-refractivity contribution in [1.82, 2.24) is 9.88 Å². The maximum Gasteiger partial charge on any atom is 0.320 e. The number of aromatic nitrogens is 1. The third kappa shape index (κ3) is 7.90. The first-order chi connectivity index (χ1) is 11.0. The van der Waals surface area contributed by atoms with Crippen molar-refractivity contribution in [3.63, 3.8) is 0 Å². The summed E-state index contributed by atoms with van der Waals surface area (Å²) in [6.45, 7) is 4.44. The molecule has 0 spiro atoms. The van der Waals surface area contributed by atoms with Crippen LogP contribution in [0.5, 0.6) is 0 Å². The van der Waals surface area contributed by atoms with Crippen LogP contribution in [0.1, 0.15) is 25.2 Å². The molecule has 6 nitrogen and oxygen atoms in total. The summed E-state index contributed by atoms with van der Waals surface area (Å²) in [6, 6.07) is 3.76. The number of carbonyl (C=O) groups is 2. The molecule has 0 bridgehead atoms. The average Bonchev–Trinajstić information content (AvgIpc) is 2.46. The lowest BCUT2D eigenvalue weighted by atomic mass is 10.3. The van der Waals surface area contributed by atoms with E-state index in [4.69, 9.17) is 9.47 Å². The van der Waals surface area contributed by atoms with Crippen molar-refractivity contribution >= 4 is 43.8 Å². The third-order valence-corrected chi connectivity index (χ3v) is 3.77. The summed E-state index contributed by atoms with van der Waals surface area (Å²) in [5, 5.41) is 0.620. The molecule has 1 heterocycles. The van der Waals surface area contributed by atoms with Gasteiger partial charge in [-0.3, -0.25) is 19.5 Å². The summed E-state index contributed by atoms with van der Waals surface area (Å²) < 4.78 is 10.8. The van der Waals surface area contributed by atoms with Crippen LogP contribution in [0.25, 0.3) is 0 Å². The van der Waals surface area contributed by atoms with E-state index in [2.05, 4.69) is 36.8 Å². The van der Waals surface area contributed by atoms with Crippen molar-refractivity contribution in [2.24, 2.45) is 0 Å². The van der Waals surface area contributed by atoms with Crippen LogP contribution in [0, 0.1) is 0 Å². The van der Waals surface area contributed by atoms with Crippen molar-refractivity contribution in [3.8, 4) is 0 Å². The third-order valence-electron chi connectivity index (χ3n) is 2.73. The van der Waals surface area contributed by atoms with Crippen molar-refractivity contribution < 1.29 is 19.1 Å². The van der Waals surface area contributed by atoms with Gasteiger partial charge < -0.3 is 9.47 Å². The molecule has 23 heavy (non-hydrogen) atoms. The van der Waals surface area contributed by atoms with Gasteiger partial charge in [0.15, 0.2) is 0 Å². The summed E-state index contributed by atoms with van der Waals surface area (Å²) in [5.41, 5.74) is 1.61. The first-order valence-electron chi connectivity index (χ1n) is 7.23. The molecule has 0 N–H and O–H groups in total. The normalized spacial score (nSPS) is 10.7. The summed E-state index contributed by atoms with van der Waals surface area (Å²) in [6.07, 6.45) is 0. The monoisotopic (exact) mass is 450 g/mol. The number of hydrogen-bond acceptors (Lipinski definition) is 6. The van der Waals surface area contributed by atoms with Gasteiger partial charge in [-0.25, -0.2) is 0 Å². The number of carbonyl (C=O) groups excluding carboxylic acids is 2. The van der Waals surface area contributed by atoms with Crippen molar-refractivity contribution in [2.75, 3.05) is 26.3 Å². The predicted octanol–water partition coefficient (Wildman–Crippen LogP) is 2.67. The highest BCUT2D eigenvalue weighted by Crippen LogP contribution is 2.16. The second-order valence-electron chi connectivity index (χ2n) is 4.66. The van der Waals surface area contributed by atoms with Crippen LogP contribution < -0.4 is 0 Å². The van der Waals surface area contributed by atoms with E-state index in [0.717, 1.165) is 15.9 Å². The van der Waals surface area contributed by atoms with E-state index in [1.807, 2.05) is 12.1 Å². The van der Waals surface area contributed by atoms with Crippen LogP contribution >= 0.6 is 31.9 Å². The summed E-state index contributed by atoms with van der Waals surface area (Å²) in [5.74, 6) is -0.764. The van der Waals surface area contributed by atoms with Crippen molar-refractivity contribution in [3.05, 3.63) is 28.0 Å². The Balaban J connectivity index is 2.83. The molecule has 0 unspecified atom stereocenters. The molecule has 1 aromatic rings. The van der Waals surface area contributed by atoms with E-state index in [9.17, 15) is 9.59 Å². The van der Waals surface area contributed by atoms with Gasteiger partial charge in [0, 0.05) is 16.3 Å². The molecular weight excluding hydrogens is 432 g/mol. The Morgan fingerprint density at radius 1 is 1.09 bits per heavy atom. The Hall–Kier alpha value is -0.990. The molecule has 128 valence electrons. The summed E-state index contributed by atoms with van der Waals surface area (Å²) in [4.78, 5) is 29.6. The zero-order chi connectivity index (χ0) is 17.2. The standard InChI is InChI=1S/C15H20Br2N2O4/c1-3-22-14(20)9-19(10-15(21)23-4-2)8-13-6-11(17)5-12(7-16)18-13/h5-6H,3-4,7-10H2,1-2H3. The second-order valence-corrected chi connectivity index (χ2v) is 6.13. The molecule has 0 saturated heterocycles. The number of nitrogens with zero attached hydrogens (tertiary/aromatic N) is 2. The Kier molecular flexibility index (Phi) is 9.35. The molecule has 0 radical (unpaired) electrons. The van der Waals surface area contributed by atoms with E-state index in [1.54, 1.807) is 18.7 Å². The number of pyridine rings is 1. The van der Waals surface area contributed by atoms with E-state index < -0.39 is 0 Å². The van der Waals surface area contributed by atoms with Gasteiger partial charge in [-0.15, -0.1) is 0 Å². The highest BCUT2D eigenvalue weighted by atomic mass is 79.9. The van der Waals surface area contributed by atoms with Crippen LogP contribution in [0.3, 0.4) is 0 Å². The molecule has 0 aliphatic rings. The van der Waals surface area contributed by atoms with E-state index in [0.29, 0.717) is 25.1 Å². The Morgan fingerprint density at radius 3 is 2.09 bits per heavy atom. The largest absolute Gasteiger partial charge is 0.465 e. The molecule has 0 aliphatic carbocycles. The lowest BCUT2D eigenvalue weighted by molar-refractivity contribution is -0.148. The Bertz CT molecular complexity index is 520. The van der Waals surface area contributed by atoms with Gasteiger partial charge in [0.05, 0.1) is 37.7 Å². The zero-order valence-electron chi connectivity index (χ0n) is 13.2. The number of rotatable bonds is 9. The molecule has 1 rings (SSSR count). The molecule has 0 aliphatic heterocycles. The van der Waals surface area contributed by atoms with Crippen LogP contribution in [0.4, 0.5) is 0 Å². The first kappa shape index (κ1) is 20.1. The average molecular weight is 452 g/mol. The fourth-order valence-electron chi connectivity index (χ4n) is 1.93. The highest BCUT2D eigenvalue weighted by molar-refractivity contribution is 9.10. The SMILES string of the molecule is CCOC(=O)CN(CC(=O)OCC)Cc1cc(Br)cc(CBr)n1. The lowest BCUT2D eigenvalue weighted by Crippen LogP contribution is -2.36. The van der Waals surface area contributed by atoms with Gasteiger partial charge in [-0.05, 0) is 26.0 Å². The van der Waals surface area contributed by atoms with Gasteiger partial charge in [0.25, 0.3) is 0 Å². The molecular formula is C15H20Br2N2O4. The van der Waals surface area contributed by atoms with Gasteiger partial charge in [-0.1, -0.05) is 31.9 Å². The molecule has 8 heteroatoms. The number of esters is 2. The molecule has 0 saturated carbocycles. The molecule has 0 fully saturated rings. The minimum Gasteiger partial charge on any atom is -0.465 e. The van der Waals surface area contributed by atoms with Gasteiger partial charge in [0.2, 0.25) is 0 Å². The minimum atomic E-state index is -0.382. The minimum absolute atomic E-state index is 0.00446. The summed E-state index contributed by atoms with van der Waals surface area (Å²) >= 11 is 6.80. The quantitative estimate of drug-likeness (QED) is 0.424. The molecule has 0 aromatic carbocycles. The lowest BCUT2D eigenvalue weighted by Gasteiger charge is -2.20. The maximum absolute atomic E-state index is 11.7. The topological polar surface area (TPSA) is 68.7 Å². The van der Waals surface area contributed by atoms with Crippen LogP contribution in [0.15, 0.2) is 16.6 Å². The number of hydrogen-bond donors (Lipinski definition) is 0. The van der Waals surface area contributed by atoms with E-state index in [-0.39, 0.29) is 25.0 Å². The molecule has 0 amide bonds. The predicted molar refractivity (Wildman–Crippen MR) is 93.1 cm³/mol. The highest BCUT2D eigenvalue weighted by Gasteiger charge is 2.17. The molecule has 1 aromatic heterocycles. The number of ether oxygens (including phenoxy) is 2. The molecule has 0 atom stereocenters. The van der Waals surface area contributed by atoms with Gasteiger partial charge in [-0.2, -0.15) is 0 Å². The zero-order valence-corrected chi connectivity index (χ0v) is 16.4. The van der Waals surface area contributed by atoms with Crippen molar-refractivity contribution in [2.45, 2.75) is 25.7 Å². The number of halogens is 2. The van der Waals surface area contributed by atoms with Crippen LogP contribution in [-0.2, 0) is 30.9 Å². The smallest absolute Gasteiger partial charge is 0.320 e. The van der Waals surface area contributed by atoms with Crippen molar-refractivity contribution in [1.29, 1.82) is 0 Å². The van der Waals surface area contributed by atoms with E-state index in [1.165, 1.54) is 0 Å². The fraction of sp³-hybridized carbons (Fsp3) is 0.533.